The fraction of sp³-hybridized carbons (Fsp3) is 0.250. The topological polar surface area (TPSA) is 71.3 Å². The van der Waals surface area contributed by atoms with Crippen molar-refractivity contribution in [1.29, 1.82) is 0 Å². The fourth-order valence-corrected chi connectivity index (χ4v) is 2.57. The van der Waals surface area contributed by atoms with E-state index in [-0.39, 0.29) is 15.8 Å². The Morgan fingerprint density at radius 1 is 1.17 bits per heavy atom. The molecule has 128 valence electrons. The van der Waals surface area contributed by atoms with E-state index in [2.05, 4.69) is 10.6 Å². The predicted molar refractivity (Wildman–Crippen MR) is 88.6 cm³/mol. The molecule has 0 aliphatic heterocycles. The number of hydrogen-bond donors (Lipinski definition) is 2. The predicted octanol–water partition coefficient (Wildman–Crippen LogP) is 3.72. The monoisotopic (exact) mass is 372 g/mol. The zero-order valence-electron chi connectivity index (χ0n) is 12.9. The van der Waals surface area contributed by atoms with Gasteiger partial charge in [0.2, 0.25) is 5.91 Å². The van der Waals surface area contributed by atoms with Gasteiger partial charge in [0.1, 0.15) is 11.9 Å². The van der Waals surface area contributed by atoms with Gasteiger partial charge in [-0.15, -0.1) is 0 Å². The maximum Gasteiger partial charge on any atom is 0.287 e. The Labute approximate surface area is 148 Å². The van der Waals surface area contributed by atoms with Gasteiger partial charge >= 0.3 is 0 Å². The van der Waals surface area contributed by atoms with Crippen LogP contribution in [0.4, 0.5) is 4.39 Å². The Bertz CT molecular complexity index is 750. The normalized spacial score (nSPS) is 13.2. The second-order valence-electron chi connectivity index (χ2n) is 5.19. The molecule has 2 N–H and O–H groups in total. The highest BCUT2D eigenvalue weighted by Gasteiger charge is 2.21. The summed E-state index contributed by atoms with van der Waals surface area (Å²) < 4.78 is 18.5. The summed E-state index contributed by atoms with van der Waals surface area (Å²) in [4.78, 5) is 24.0. The van der Waals surface area contributed by atoms with Crippen molar-refractivity contribution in [2.45, 2.75) is 25.9 Å². The van der Waals surface area contributed by atoms with E-state index in [1.54, 1.807) is 13.0 Å². The number of carbonyl (C=O) groups is 2. The molecular formula is C16H15Cl2FN2O3. The van der Waals surface area contributed by atoms with Gasteiger partial charge in [-0.1, -0.05) is 23.2 Å². The Hall–Kier alpha value is -2.05. The molecule has 5 nitrogen and oxygen atoms in total. The molecule has 0 saturated heterocycles. The fourth-order valence-electron chi connectivity index (χ4n) is 2.03. The first-order chi connectivity index (χ1) is 11.3. The molecule has 1 aromatic carbocycles. The molecule has 0 spiro atoms. The Morgan fingerprint density at radius 3 is 2.50 bits per heavy atom. The van der Waals surface area contributed by atoms with Crippen molar-refractivity contribution in [3.63, 3.8) is 0 Å². The highest BCUT2D eigenvalue weighted by atomic mass is 35.5. The summed E-state index contributed by atoms with van der Waals surface area (Å²) in [5.74, 6) is -1.48. The third kappa shape index (κ3) is 4.27. The zero-order chi connectivity index (χ0) is 17.9. The molecule has 0 fully saturated rings. The summed E-state index contributed by atoms with van der Waals surface area (Å²) in [5, 5.41) is 5.30. The molecule has 2 atom stereocenters. The lowest BCUT2D eigenvalue weighted by Crippen LogP contribution is -2.45. The lowest BCUT2D eigenvalue weighted by molar-refractivity contribution is -0.123. The average Bonchev–Trinajstić information content (AvgIpc) is 3.05. The van der Waals surface area contributed by atoms with Crippen LogP contribution in [0.5, 0.6) is 0 Å². The largest absolute Gasteiger partial charge is 0.459 e. The highest BCUT2D eigenvalue weighted by Crippen LogP contribution is 2.28. The number of nitrogens with one attached hydrogen (secondary N) is 2. The number of hydrogen-bond acceptors (Lipinski definition) is 3. The molecule has 1 aromatic heterocycles. The van der Waals surface area contributed by atoms with Gasteiger partial charge in [-0.3, -0.25) is 9.59 Å². The van der Waals surface area contributed by atoms with Crippen molar-refractivity contribution in [2.75, 3.05) is 0 Å². The number of halogens is 3. The Balaban J connectivity index is 2.00. The van der Waals surface area contributed by atoms with Crippen LogP contribution in [0.3, 0.4) is 0 Å². The van der Waals surface area contributed by atoms with E-state index in [1.165, 1.54) is 31.4 Å². The summed E-state index contributed by atoms with van der Waals surface area (Å²) in [6, 6.07) is 4.11. The molecule has 0 radical (unpaired) electrons. The minimum Gasteiger partial charge on any atom is -0.459 e. The summed E-state index contributed by atoms with van der Waals surface area (Å²) >= 11 is 11.7. The van der Waals surface area contributed by atoms with Crippen LogP contribution in [0.15, 0.2) is 34.9 Å². The van der Waals surface area contributed by atoms with Gasteiger partial charge in [0.05, 0.1) is 17.3 Å². The lowest BCUT2D eigenvalue weighted by atomic mass is 10.1. The van der Waals surface area contributed by atoms with Crippen molar-refractivity contribution in [3.05, 3.63) is 57.7 Å². The van der Waals surface area contributed by atoms with Crippen LogP contribution in [-0.4, -0.2) is 17.9 Å². The van der Waals surface area contributed by atoms with Crippen LogP contribution in [-0.2, 0) is 4.79 Å². The summed E-state index contributed by atoms with van der Waals surface area (Å²) in [6.45, 7) is 3.17. The highest BCUT2D eigenvalue weighted by molar-refractivity contribution is 6.35. The maximum absolute atomic E-state index is 13.6. The van der Waals surface area contributed by atoms with Crippen LogP contribution in [0, 0.1) is 5.82 Å². The van der Waals surface area contributed by atoms with Crippen LogP contribution in [0.1, 0.15) is 36.0 Å². The van der Waals surface area contributed by atoms with Crippen molar-refractivity contribution in [3.8, 4) is 0 Å². The molecule has 0 saturated carbocycles. The van der Waals surface area contributed by atoms with E-state index in [0.717, 1.165) is 0 Å². The zero-order valence-corrected chi connectivity index (χ0v) is 14.4. The van der Waals surface area contributed by atoms with Crippen LogP contribution in [0.25, 0.3) is 0 Å². The number of rotatable bonds is 5. The van der Waals surface area contributed by atoms with Gasteiger partial charge < -0.3 is 15.1 Å². The first-order valence-corrected chi connectivity index (χ1v) is 7.84. The van der Waals surface area contributed by atoms with Crippen LogP contribution in [0.2, 0.25) is 10.0 Å². The first kappa shape index (κ1) is 18.3. The van der Waals surface area contributed by atoms with E-state index in [4.69, 9.17) is 27.6 Å². The van der Waals surface area contributed by atoms with E-state index in [0.29, 0.717) is 5.56 Å². The van der Waals surface area contributed by atoms with E-state index in [1.807, 2.05) is 0 Å². The van der Waals surface area contributed by atoms with Gasteiger partial charge in [-0.25, -0.2) is 4.39 Å². The number of benzene rings is 1. The molecular weight excluding hydrogens is 358 g/mol. The Kier molecular flexibility index (Phi) is 5.85. The molecule has 0 aliphatic rings. The van der Waals surface area contributed by atoms with Crippen molar-refractivity contribution in [2.24, 2.45) is 0 Å². The molecule has 1 heterocycles. The standard InChI is InChI=1S/C16H15Cl2FN2O3/c1-8(10-6-13(19)12(18)7-11(10)17)20-15(22)9(2)21-16(23)14-4-3-5-24-14/h3-9H,1-2H3,(H,20,22)(H,21,23)/t8-,9+/m1/s1. The summed E-state index contributed by atoms with van der Waals surface area (Å²) in [5.41, 5.74) is 0.386. The first-order valence-electron chi connectivity index (χ1n) is 7.08. The number of carbonyl (C=O) groups excluding carboxylic acids is 2. The summed E-state index contributed by atoms with van der Waals surface area (Å²) in [7, 11) is 0. The average molecular weight is 373 g/mol. The third-order valence-corrected chi connectivity index (χ3v) is 3.97. The van der Waals surface area contributed by atoms with Crippen molar-refractivity contribution >= 4 is 35.0 Å². The minimum absolute atomic E-state index is 0.0960. The lowest BCUT2D eigenvalue weighted by Gasteiger charge is -2.19. The van der Waals surface area contributed by atoms with Gasteiger partial charge in [0, 0.05) is 5.02 Å². The Morgan fingerprint density at radius 2 is 1.88 bits per heavy atom. The maximum atomic E-state index is 13.6. The second-order valence-corrected chi connectivity index (χ2v) is 6.00. The minimum atomic E-state index is -0.819. The second kappa shape index (κ2) is 7.68. The van der Waals surface area contributed by atoms with Gasteiger partial charge in [-0.05, 0) is 43.7 Å². The molecule has 2 rings (SSSR count). The van der Waals surface area contributed by atoms with E-state index >= 15 is 0 Å². The van der Waals surface area contributed by atoms with Crippen LogP contribution >= 0.6 is 23.2 Å². The molecule has 0 unspecified atom stereocenters. The van der Waals surface area contributed by atoms with Crippen LogP contribution < -0.4 is 10.6 Å². The van der Waals surface area contributed by atoms with Gasteiger partial charge in [-0.2, -0.15) is 0 Å². The molecule has 0 bridgehead atoms. The molecule has 0 aliphatic carbocycles. The SMILES string of the molecule is C[C@H](NC(=O)c1ccco1)C(=O)N[C@H](C)c1cc(F)c(Cl)cc1Cl. The van der Waals surface area contributed by atoms with Gasteiger partial charge in [0.15, 0.2) is 5.76 Å². The van der Waals surface area contributed by atoms with E-state index in [9.17, 15) is 14.0 Å². The third-order valence-electron chi connectivity index (χ3n) is 3.35. The van der Waals surface area contributed by atoms with Crippen molar-refractivity contribution < 1.29 is 18.4 Å². The van der Waals surface area contributed by atoms with Gasteiger partial charge in [0.25, 0.3) is 5.91 Å². The number of furan rings is 1. The molecule has 2 aromatic rings. The molecule has 24 heavy (non-hydrogen) atoms. The molecule has 2 amide bonds. The quantitative estimate of drug-likeness (QED) is 0.785. The number of amides is 2. The van der Waals surface area contributed by atoms with E-state index < -0.39 is 29.7 Å². The van der Waals surface area contributed by atoms with Crippen molar-refractivity contribution in [1.82, 2.24) is 10.6 Å². The smallest absolute Gasteiger partial charge is 0.287 e. The molecule has 8 heteroatoms. The summed E-state index contributed by atoms with van der Waals surface area (Å²) in [6.07, 6.45) is 1.36.